The maximum atomic E-state index is 13.9. The fourth-order valence-corrected chi connectivity index (χ4v) is 5.30. The Bertz CT molecular complexity index is 1390. The summed E-state index contributed by atoms with van der Waals surface area (Å²) in [4.78, 5) is 28.2. The second-order valence-corrected chi connectivity index (χ2v) is 12.0. The Labute approximate surface area is 229 Å². The fourth-order valence-electron chi connectivity index (χ4n) is 3.88. The molecule has 10 heteroatoms. The minimum absolute atomic E-state index is 0.0357. The quantitative estimate of drug-likeness (QED) is 0.401. The predicted octanol–water partition coefficient (Wildman–Crippen LogP) is 4.36. The first-order valence-corrected chi connectivity index (χ1v) is 13.8. The summed E-state index contributed by atoms with van der Waals surface area (Å²) in [6.07, 6.45) is 0. The van der Waals surface area contributed by atoms with Crippen LogP contribution in [0.25, 0.3) is 0 Å². The van der Waals surface area contributed by atoms with E-state index in [9.17, 15) is 22.4 Å². The number of para-hydroxylation sites is 1. The van der Waals surface area contributed by atoms with E-state index in [-0.39, 0.29) is 23.0 Å². The molecule has 3 aromatic carbocycles. The summed E-state index contributed by atoms with van der Waals surface area (Å²) in [5.74, 6) is -0.980. The number of methoxy groups -OCH3 is 1. The molecule has 0 aliphatic rings. The average Bonchev–Trinajstić information content (AvgIpc) is 2.89. The first-order valence-electron chi connectivity index (χ1n) is 12.4. The molecule has 39 heavy (non-hydrogen) atoms. The van der Waals surface area contributed by atoms with Crippen LogP contribution in [0.2, 0.25) is 0 Å². The molecule has 0 heterocycles. The number of benzene rings is 3. The van der Waals surface area contributed by atoms with Crippen LogP contribution in [0.15, 0.2) is 83.8 Å². The van der Waals surface area contributed by atoms with Gasteiger partial charge in [-0.25, -0.2) is 12.8 Å². The highest BCUT2D eigenvalue weighted by Crippen LogP contribution is 2.25. The zero-order valence-corrected chi connectivity index (χ0v) is 23.5. The van der Waals surface area contributed by atoms with Crippen molar-refractivity contribution in [1.82, 2.24) is 10.2 Å². The third-order valence-corrected chi connectivity index (χ3v) is 7.67. The normalized spacial score (nSPS) is 12.4. The number of nitrogens with one attached hydrogen (secondary N) is 1. The van der Waals surface area contributed by atoms with Gasteiger partial charge in [0.1, 0.15) is 24.2 Å². The molecular formula is C29H34FN3O5S. The Morgan fingerprint density at radius 1 is 0.974 bits per heavy atom. The second-order valence-electron chi connectivity index (χ2n) is 10.1. The Balaban J connectivity index is 2.02. The van der Waals surface area contributed by atoms with Crippen molar-refractivity contribution in [3.05, 3.63) is 90.2 Å². The number of anilines is 1. The number of sulfonamides is 1. The minimum atomic E-state index is -4.26. The molecule has 1 atom stereocenters. The van der Waals surface area contributed by atoms with E-state index in [0.29, 0.717) is 11.3 Å². The van der Waals surface area contributed by atoms with E-state index in [1.54, 1.807) is 61.5 Å². The summed E-state index contributed by atoms with van der Waals surface area (Å²) in [6, 6.07) is 18.7. The van der Waals surface area contributed by atoms with Gasteiger partial charge < -0.3 is 15.0 Å². The van der Waals surface area contributed by atoms with E-state index in [1.165, 1.54) is 12.0 Å². The van der Waals surface area contributed by atoms with Crippen LogP contribution in [0.1, 0.15) is 33.3 Å². The zero-order chi connectivity index (χ0) is 28.8. The number of rotatable bonds is 10. The van der Waals surface area contributed by atoms with Crippen LogP contribution in [0.3, 0.4) is 0 Å². The maximum Gasteiger partial charge on any atom is 0.264 e. The van der Waals surface area contributed by atoms with Crippen LogP contribution in [-0.4, -0.2) is 50.4 Å². The highest BCUT2D eigenvalue weighted by atomic mass is 32.2. The van der Waals surface area contributed by atoms with Crippen molar-refractivity contribution in [2.45, 2.75) is 50.7 Å². The number of hydrogen-bond donors (Lipinski definition) is 1. The standard InChI is InChI=1S/C29H34FN3O5S/c1-21(28(35)31-29(2,3)4)32(19-22-10-9-13-25(18-22)38-5)27(34)20-33(24-11-7-6-8-12-24)39(36,37)26-16-14-23(30)15-17-26/h6-18,21H,19-20H2,1-5H3,(H,31,35). The molecular weight excluding hydrogens is 521 g/mol. The molecule has 3 rings (SSSR count). The molecule has 0 saturated carbocycles. The molecule has 0 spiro atoms. The van der Waals surface area contributed by atoms with Crippen molar-refractivity contribution in [2.24, 2.45) is 0 Å². The van der Waals surface area contributed by atoms with Crippen LogP contribution in [-0.2, 0) is 26.2 Å². The van der Waals surface area contributed by atoms with Crippen molar-refractivity contribution in [3.8, 4) is 5.75 Å². The lowest BCUT2D eigenvalue weighted by Crippen LogP contribution is -2.54. The molecule has 8 nitrogen and oxygen atoms in total. The van der Waals surface area contributed by atoms with Gasteiger partial charge in [-0.15, -0.1) is 0 Å². The minimum Gasteiger partial charge on any atom is -0.497 e. The molecule has 0 radical (unpaired) electrons. The number of carbonyl (C=O) groups excluding carboxylic acids is 2. The Morgan fingerprint density at radius 3 is 2.21 bits per heavy atom. The van der Waals surface area contributed by atoms with Gasteiger partial charge in [0.2, 0.25) is 11.8 Å². The summed E-state index contributed by atoms with van der Waals surface area (Å²) in [7, 11) is -2.73. The summed E-state index contributed by atoms with van der Waals surface area (Å²) in [5.41, 5.74) is 0.409. The molecule has 1 N–H and O–H groups in total. The molecule has 0 fully saturated rings. The lowest BCUT2D eigenvalue weighted by molar-refractivity contribution is -0.140. The SMILES string of the molecule is COc1cccc(CN(C(=O)CN(c2ccccc2)S(=O)(=O)c2ccc(F)cc2)C(C)C(=O)NC(C)(C)C)c1. The van der Waals surface area contributed by atoms with Gasteiger partial charge in [0.25, 0.3) is 10.0 Å². The molecule has 0 aliphatic carbocycles. The number of carbonyl (C=O) groups is 2. The molecule has 0 saturated heterocycles. The Morgan fingerprint density at radius 2 is 1.62 bits per heavy atom. The molecule has 208 valence electrons. The van der Waals surface area contributed by atoms with E-state index < -0.39 is 39.9 Å². The molecule has 3 aromatic rings. The van der Waals surface area contributed by atoms with Crippen LogP contribution >= 0.6 is 0 Å². The van der Waals surface area contributed by atoms with E-state index in [2.05, 4.69) is 5.32 Å². The van der Waals surface area contributed by atoms with Gasteiger partial charge >= 0.3 is 0 Å². The molecule has 0 aromatic heterocycles. The number of nitrogens with zero attached hydrogens (tertiary/aromatic N) is 2. The molecule has 0 bridgehead atoms. The van der Waals surface area contributed by atoms with Gasteiger partial charge in [0.05, 0.1) is 17.7 Å². The topological polar surface area (TPSA) is 96.0 Å². The summed E-state index contributed by atoms with van der Waals surface area (Å²) in [5, 5.41) is 2.88. The third-order valence-electron chi connectivity index (χ3n) is 5.88. The van der Waals surface area contributed by atoms with Crippen LogP contribution < -0.4 is 14.4 Å². The van der Waals surface area contributed by atoms with E-state index in [4.69, 9.17) is 4.74 Å². The number of hydrogen-bond acceptors (Lipinski definition) is 5. The smallest absolute Gasteiger partial charge is 0.264 e. The van der Waals surface area contributed by atoms with Crippen molar-refractivity contribution >= 4 is 27.5 Å². The summed E-state index contributed by atoms with van der Waals surface area (Å²) in [6.45, 7) is 6.55. The Kier molecular flexibility index (Phi) is 9.34. The number of amides is 2. The van der Waals surface area contributed by atoms with Crippen molar-refractivity contribution in [1.29, 1.82) is 0 Å². The van der Waals surface area contributed by atoms with E-state index in [0.717, 1.165) is 28.6 Å². The van der Waals surface area contributed by atoms with Crippen LogP contribution in [0.4, 0.5) is 10.1 Å². The zero-order valence-electron chi connectivity index (χ0n) is 22.7. The first-order chi connectivity index (χ1) is 18.3. The second kappa shape index (κ2) is 12.3. The van der Waals surface area contributed by atoms with Gasteiger partial charge in [0.15, 0.2) is 0 Å². The van der Waals surface area contributed by atoms with Crippen LogP contribution in [0, 0.1) is 5.82 Å². The number of halogens is 1. The third kappa shape index (κ3) is 7.79. The molecule has 1 unspecified atom stereocenters. The lowest BCUT2D eigenvalue weighted by Gasteiger charge is -2.33. The largest absolute Gasteiger partial charge is 0.497 e. The highest BCUT2D eigenvalue weighted by Gasteiger charge is 2.33. The summed E-state index contributed by atoms with van der Waals surface area (Å²) < 4.78 is 47.2. The average molecular weight is 556 g/mol. The monoisotopic (exact) mass is 555 g/mol. The van der Waals surface area contributed by atoms with Crippen molar-refractivity contribution in [2.75, 3.05) is 18.0 Å². The lowest BCUT2D eigenvalue weighted by atomic mass is 10.1. The van der Waals surface area contributed by atoms with Gasteiger partial charge in [-0.1, -0.05) is 30.3 Å². The van der Waals surface area contributed by atoms with E-state index in [1.807, 2.05) is 20.8 Å². The van der Waals surface area contributed by atoms with Crippen LogP contribution in [0.5, 0.6) is 5.75 Å². The fraction of sp³-hybridized carbons (Fsp3) is 0.310. The molecule has 0 aliphatic heterocycles. The molecule has 2 amide bonds. The van der Waals surface area contributed by atoms with Crippen molar-refractivity contribution in [3.63, 3.8) is 0 Å². The summed E-state index contributed by atoms with van der Waals surface area (Å²) >= 11 is 0. The van der Waals surface area contributed by atoms with E-state index >= 15 is 0 Å². The first kappa shape index (κ1) is 29.6. The van der Waals surface area contributed by atoms with Gasteiger partial charge in [0, 0.05) is 12.1 Å². The van der Waals surface area contributed by atoms with Gasteiger partial charge in [-0.05, 0) is 81.8 Å². The predicted molar refractivity (Wildman–Crippen MR) is 148 cm³/mol. The van der Waals surface area contributed by atoms with Crippen molar-refractivity contribution < 1.29 is 27.1 Å². The Hall–Kier alpha value is -3.92. The van der Waals surface area contributed by atoms with Gasteiger partial charge in [-0.2, -0.15) is 0 Å². The maximum absolute atomic E-state index is 13.9. The number of ether oxygens (including phenoxy) is 1. The highest BCUT2D eigenvalue weighted by molar-refractivity contribution is 7.92. The van der Waals surface area contributed by atoms with Gasteiger partial charge in [-0.3, -0.25) is 13.9 Å².